The predicted molar refractivity (Wildman–Crippen MR) is 97.4 cm³/mol. The van der Waals surface area contributed by atoms with Gasteiger partial charge in [-0.1, -0.05) is 30.3 Å². The molecule has 1 aromatic heterocycles. The van der Waals surface area contributed by atoms with Gasteiger partial charge in [-0.3, -0.25) is 9.48 Å². The van der Waals surface area contributed by atoms with E-state index in [9.17, 15) is 4.79 Å². The van der Waals surface area contributed by atoms with Gasteiger partial charge in [-0.25, -0.2) is 0 Å². The molecule has 1 aliphatic rings. The highest BCUT2D eigenvalue weighted by molar-refractivity contribution is 5.95. The lowest BCUT2D eigenvalue weighted by Crippen LogP contribution is -2.53. The summed E-state index contributed by atoms with van der Waals surface area (Å²) < 4.78 is 1.86. The molecule has 1 atom stereocenters. The number of hydrogen-bond donors (Lipinski definition) is 2. The van der Waals surface area contributed by atoms with E-state index in [-0.39, 0.29) is 23.9 Å². The summed E-state index contributed by atoms with van der Waals surface area (Å²) in [4.78, 5) is 12.6. The van der Waals surface area contributed by atoms with Crippen LogP contribution >= 0.6 is 12.4 Å². The molecular formula is C18H25ClN4O. The van der Waals surface area contributed by atoms with Crippen LogP contribution in [0.25, 0.3) is 0 Å². The Hall–Kier alpha value is -1.85. The van der Waals surface area contributed by atoms with Gasteiger partial charge < -0.3 is 11.1 Å². The standard InChI is InChI=1S/C18H24N4O.ClH/c1-13-16(17(23)21-18(2,12-19)15-8-9-15)10-20-22(13)11-14-6-4-3-5-7-14;/h3-7,10,15H,8-9,11-12,19H2,1-2H3,(H,21,23);1H. The number of amides is 1. The zero-order chi connectivity index (χ0) is 16.4. The Morgan fingerprint density at radius 1 is 1.38 bits per heavy atom. The van der Waals surface area contributed by atoms with Gasteiger partial charge in [-0.2, -0.15) is 5.10 Å². The highest BCUT2D eigenvalue weighted by atomic mass is 35.5. The molecule has 1 aliphatic carbocycles. The van der Waals surface area contributed by atoms with Gasteiger partial charge in [0.15, 0.2) is 0 Å². The molecule has 0 spiro atoms. The number of carbonyl (C=O) groups excluding carboxylic acids is 1. The third-order valence-electron chi connectivity index (χ3n) is 4.82. The van der Waals surface area contributed by atoms with Crippen LogP contribution < -0.4 is 11.1 Å². The van der Waals surface area contributed by atoms with Crippen molar-refractivity contribution in [2.24, 2.45) is 11.7 Å². The van der Waals surface area contributed by atoms with Crippen molar-refractivity contribution in [2.45, 2.75) is 38.8 Å². The molecule has 2 aromatic rings. The van der Waals surface area contributed by atoms with Crippen LogP contribution in [0, 0.1) is 12.8 Å². The number of nitrogens with two attached hydrogens (primary N) is 1. The molecule has 1 heterocycles. The Kier molecular flexibility index (Phi) is 5.67. The molecule has 1 aromatic carbocycles. The van der Waals surface area contributed by atoms with Gasteiger partial charge >= 0.3 is 0 Å². The Labute approximate surface area is 149 Å². The average Bonchev–Trinajstić information content (AvgIpc) is 3.35. The van der Waals surface area contributed by atoms with E-state index < -0.39 is 0 Å². The lowest BCUT2D eigenvalue weighted by molar-refractivity contribution is 0.0897. The van der Waals surface area contributed by atoms with Crippen LogP contribution in [0.2, 0.25) is 0 Å². The van der Waals surface area contributed by atoms with Crippen LogP contribution in [-0.4, -0.2) is 27.8 Å². The highest BCUT2D eigenvalue weighted by Gasteiger charge is 2.41. The molecule has 1 saturated carbocycles. The fraction of sp³-hybridized carbons (Fsp3) is 0.444. The second kappa shape index (κ2) is 7.36. The molecule has 6 heteroatoms. The van der Waals surface area contributed by atoms with Crippen molar-refractivity contribution in [3.8, 4) is 0 Å². The van der Waals surface area contributed by atoms with Crippen LogP contribution in [0.4, 0.5) is 0 Å². The molecule has 0 radical (unpaired) electrons. The minimum atomic E-state index is -0.314. The first-order chi connectivity index (χ1) is 11.0. The van der Waals surface area contributed by atoms with Gasteiger partial charge in [0.1, 0.15) is 0 Å². The second-order valence-corrected chi connectivity index (χ2v) is 6.64. The Morgan fingerprint density at radius 2 is 2.04 bits per heavy atom. The summed E-state index contributed by atoms with van der Waals surface area (Å²) in [5, 5.41) is 7.50. The first kappa shape index (κ1) is 18.5. The number of benzene rings is 1. The van der Waals surface area contributed by atoms with Crippen molar-refractivity contribution in [2.75, 3.05) is 6.54 Å². The molecule has 0 saturated heterocycles. The average molecular weight is 349 g/mol. The quantitative estimate of drug-likeness (QED) is 0.842. The molecule has 3 rings (SSSR count). The number of rotatable bonds is 6. The van der Waals surface area contributed by atoms with Crippen LogP contribution in [0.1, 0.15) is 41.4 Å². The topological polar surface area (TPSA) is 72.9 Å². The van der Waals surface area contributed by atoms with E-state index in [0.29, 0.717) is 24.6 Å². The zero-order valence-corrected chi connectivity index (χ0v) is 15.0. The summed E-state index contributed by atoms with van der Waals surface area (Å²) in [5.74, 6) is 0.415. The molecule has 3 N–H and O–H groups in total. The van der Waals surface area contributed by atoms with Crippen molar-refractivity contribution in [3.63, 3.8) is 0 Å². The monoisotopic (exact) mass is 348 g/mol. The Bertz CT molecular complexity index is 696. The number of aromatic nitrogens is 2. The summed E-state index contributed by atoms with van der Waals surface area (Å²) in [5.41, 5.74) is 8.23. The fourth-order valence-electron chi connectivity index (χ4n) is 2.95. The molecule has 1 amide bonds. The van der Waals surface area contributed by atoms with Crippen molar-refractivity contribution in [1.82, 2.24) is 15.1 Å². The van der Waals surface area contributed by atoms with Crippen molar-refractivity contribution in [1.29, 1.82) is 0 Å². The zero-order valence-electron chi connectivity index (χ0n) is 14.2. The third-order valence-corrected chi connectivity index (χ3v) is 4.82. The van der Waals surface area contributed by atoms with E-state index in [2.05, 4.69) is 22.5 Å². The van der Waals surface area contributed by atoms with Crippen molar-refractivity contribution >= 4 is 18.3 Å². The normalized spacial score (nSPS) is 16.1. The van der Waals surface area contributed by atoms with Crippen LogP contribution in [0.15, 0.2) is 36.5 Å². The molecule has 5 nitrogen and oxygen atoms in total. The fourth-order valence-corrected chi connectivity index (χ4v) is 2.95. The van der Waals surface area contributed by atoms with Crippen LogP contribution in [0.5, 0.6) is 0 Å². The SMILES string of the molecule is Cc1c(C(=O)NC(C)(CN)C2CC2)cnn1Cc1ccccc1.Cl. The van der Waals surface area contributed by atoms with E-state index in [1.54, 1.807) is 6.20 Å². The Balaban J connectivity index is 0.00000208. The molecule has 24 heavy (non-hydrogen) atoms. The van der Waals surface area contributed by atoms with E-state index in [1.165, 1.54) is 0 Å². The molecule has 1 fully saturated rings. The highest BCUT2D eigenvalue weighted by Crippen LogP contribution is 2.39. The smallest absolute Gasteiger partial charge is 0.255 e. The minimum Gasteiger partial charge on any atom is -0.345 e. The van der Waals surface area contributed by atoms with Gasteiger partial charge in [0, 0.05) is 12.2 Å². The minimum absolute atomic E-state index is 0. The molecule has 0 aliphatic heterocycles. The molecular weight excluding hydrogens is 324 g/mol. The number of carbonyl (C=O) groups is 1. The van der Waals surface area contributed by atoms with Crippen LogP contribution in [0.3, 0.4) is 0 Å². The van der Waals surface area contributed by atoms with Gasteiger partial charge in [0.05, 0.1) is 23.8 Å². The number of halogens is 1. The number of hydrogen-bond acceptors (Lipinski definition) is 3. The largest absolute Gasteiger partial charge is 0.345 e. The molecule has 0 bridgehead atoms. The summed E-state index contributed by atoms with van der Waals surface area (Å²) in [6.45, 7) is 5.09. The molecule has 1 unspecified atom stereocenters. The maximum Gasteiger partial charge on any atom is 0.255 e. The Morgan fingerprint density at radius 3 is 2.62 bits per heavy atom. The summed E-state index contributed by atoms with van der Waals surface area (Å²) in [7, 11) is 0. The maximum atomic E-state index is 12.6. The predicted octanol–water partition coefficient (Wildman–Crippen LogP) is 2.52. The van der Waals surface area contributed by atoms with E-state index >= 15 is 0 Å². The summed E-state index contributed by atoms with van der Waals surface area (Å²) in [6, 6.07) is 10.1. The summed E-state index contributed by atoms with van der Waals surface area (Å²) >= 11 is 0. The van der Waals surface area contributed by atoms with E-state index in [4.69, 9.17) is 5.73 Å². The summed E-state index contributed by atoms with van der Waals surface area (Å²) in [6.07, 6.45) is 3.93. The van der Waals surface area contributed by atoms with Gasteiger partial charge in [-0.15, -0.1) is 12.4 Å². The first-order valence-corrected chi connectivity index (χ1v) is 8.12. The first-order valence-electron chi connectivity index (χ1n) is 8.12. The maximum absolute atomic E-state index is 12.6. The van der Waals surface area contributed by atoms with E-state index in [0.717, 1.165) is 24.1 Å². The lowest BCUT2D eigenvalue weighted by atomic mass is 9.95. The third kappa shape index (κ3) is 3.79. The lowest BCUT2D eigenvalue weighted by Gasteiger charge is -2.29. The van der Waals surface area contributed by atoms with Gasteiger partial charge in [0.25, 0.3) is 5.91 Å². The molecule has 130 valence electrons. The number of nitrogens with one attached hydrogen (secondary N) is 1. The number of nitrogens with zero attached hydrogens (tertiary/aromatic N) is 2. The van der Waals surface area contributed by atoms with E-state index in [1.807, 2.05) is 36.7 Å². The van der Waals surface area contributed by atoms with Gasteiger partial charge in [0.2, 0.25) is 0 Å². The second-order valence-electron chi connectivity index (χ2n) is 6.64. The van der Waals surface area contributed by atoms with Crippen molar-refractivity contribution in [3.05, 3.63) is 53.3 Å². The van der Waals surface area contributed by atoms with Crippen LogP contribution in [-0.2, 0) is 6.54 Å². The van der Waals surface area contributed by atoms with Gasteiger partial charge in [-0.05, 0) is 38.2 Å². The van der Waals surface area contributed by atoms with Crippen molar-refractivity contribution < 1.29 is 4.79 Å².